The summed E-state index contributed by atoms with van der Waals surface area (Å²) < 4.78 is 16.6. The molecular formula is C62H38N4O. The quantitative estimate of drug-likeness (QED) is 0.170. The van der Waals surface area contributed by atoms with Crippen LogP contribution < -0.4 is 0 Å². The van der Waals surface area contributed by atoms with Crippen LogP contribution in [0.15, 0.2) is 235 Å². The van der Waals surface area contributed by atoms with Gasteiger partial charge in [-0.1, -0.05) is 140 Å². The fraction of sp³-hybridized carbons (Fsp3) is 0. The number of para-hydroxylation sites is 7. The molecule has 5 aromatic heterocycles. The third-order valence-corrected chi connectivity index (χ3v) is 14.2. The number of furan rings is 1. The molecular weight excluding hydrogens is 817 g/mol. The second-order valence-corrected chi connectivity index (χ2v) is 17.7. The fourth-order valence-electron chi connectivity index (χ4n) is 11.3. The highest BCUT2D eigenvalue weighted by Crippen LogP contribution is 2.44. The predicted molar refractivity (Wildman–Crippen MR) is 279 cm³/mol. The molecule has 0 radical (unpaired) electrons. The summed E-state index contributed by atoms with van der Waals surface area (Å²) in [6.07, 6.45) is 0. The molecule has 5 nitrogen and oxygen atoms in total. The molecule has 0 bridgehead atoms. The smallest absolute Gasteiger partial charge is 0.213 e. The van der Waals surface area contributed by atoms with E-state index in [1.807, 2.05) is 0 Å². The summed E-state index contributed by atoms with van der Waals surface area (Å²) in [5.41, 5.74) is 16.5. The summed E-state index contributed by atoms with van der Waals surface area (Å²) in [6.45, 7) is 0. The van der Waals surface area contributed by atoms with Crippen molar-refractivity contribution in [1.29, 1.82) is 0 Å². The zero-order valence-electron chi connectivity index (χ0n) is 36.1. The molecule has 312 valence electrons. The minimum absolute atomic E-state index is 0.853. The minimum atomic E-state index is 0.853. The van der Waals surface area contributed by atoms with Gasteiger partial charge in [0.15, 0.2) is 0 Å². The Kier molecular flexibility index (Phi) is 7.44. The van der Waals surface area contributed by atoms with Crippen LogP contribution in [0.4, 0.5) is 0 Å². The monoisotopic (exact) mass is 854 g/mol. The number of fused-ring (bicyclic) bond motifs is 14. The van der Waals surface area contributed by atoms with Crippen molar-refractivity contribution in [2.45, 2.75) is 0 Å². The van der Waals surface area contributed by atoms with Crippen LogP contribution >= 0.6 is 0 Å². The van der Waals surface area contributed by atoms with Gasteiger partial charge in [0.1, 0.15) is 5.58 Å². The second-order valence-electron chi connectivity index (χ2n) is 17.7. The van der Waals surface area contributed by atoms with E-state index >= 15 is 0 Å². The molecule has 10 aromatic carbocycles. The zero-order valence-corrected chi connectivity index (χ0v) is 36.1. The van der Waals surface area contributed by atoms with E-state index in [9.17, 15) is 0 Å². The Bertz CT molecular complexity index is 4240. The number of benzene rings is 10. The van der Waals surface area contributed by atoms with Crippen molar-refractivity contribution in [1.82, 2.24) is 18.3 Å². The van der Waals surface area contributed by atoms with Gasteiger partial charge in [0.05, 0.1) is 44.0 Å². The van der Waals surface area contributed by atoms with Crippen LogP contribution in [0.1, 0.15) is 0 Å². The number of hydrogen-bond donors (Lipinski definition) is 0. The number of aromatic nitrogens is 4. The summed E-state index contributed by atoms with van der Waals surface area (Å²) in [7, 11) is 0. The summed E-state index contributed by atoms with van der Waals surface area (Å²) in [5.74, 6) is 0. The molecule has 0 N–H and O–H groups in total. The highest BCUT2D eigenvalue weighted by atomic mass is 16.3. The normalized spacial score (nSPS) is 12.2. The summed E-state index contributed by atoms with van der Waals surface area (Å²) in [5, 5.41) is 10.8. The van der Waals surface area contributed by atoms with Crippen molar-refractivity contribution >= 4 is 98.4 Å². The molecule has 0 fully saturated rings. The molecule has 0 spiro atoms. The number of nitrogens with zero attached hydrogens (tertiary/aromatic N) is 4. The third-order valence-electron chi connectivity index (χ3n) is 14.2. The zero-order chi connectivity index (χ0) is 43.7. The lowest BCUT2D eigenvalue weighted by molar-refractivity contribution is 0.646. The molecule has 0 saturated heterocycles. The standard InChI is InChI=1S/C62H38N4O/c1-2-17-40(18-3-1)66-57-31-13-8-24-49(57)60-50-26-15-25-44(61(50)67-62(60)66)39-16-14-19-41(36-39)63-58-34-32-42(64-53-27-9-4-20-45(53)46-21-5-10-28-54(46)64)37-51(58)52-38-43(33-35-59(52)63)65-55-29-11-6-22-47(55)48-23-7-12-30-56(48)65/h1-38H. The molecule has 5 heterocycles. The maximum atomic E-state index is 7.05. The first kappa shape index (κ1) is 36.3. The van der Waals surface area contributed by atoms with E-state index in [4.69, 9.17) is 4.42 Å². The van der Waals surface area contributed by atoms with Gasteiger partial charge < -0.3 is 18.1 Å². The Labute approximate surface area is 383 Å². The summed E-state index contributed by atoms with van der Waals surface area (Å²) in [6, 6.07) is 83.6. The van der Waals surface area contributed by atoms with Crippen molar-refractivity contribution in [3.8, 4) is 33.9 Å². The SMILES string of the molecule is c1ccc(-n2c3ccccc3c3c4cccc(-c5cccc(-n6c7ccc(-n8c9ccccc9c9ccccc98)cc7c7cc(-n8c9ccccc9c9ccccc98)ccc76)c5)c4oc32)cc1. The van der Waals surface area contributed by atoms with E-state index in [2.05, 4.69) is 249 Å². The topological polar surface area (TPSA) is 32.9 Å². The van der Waals surface area contributed by atoms with Crippen LogP contribution in [0.5, 0.6) is 0 Å². The van der Waals surface area contributed by atoms with E-state index in [-0.39, 0.29) is 0 Å². The predicted octanol–water partition coefficient (Wildman–Crippen LogP) is 16.5. The first-order valence-corrected chi connectivity index (χ1v) is 22.9. The molecule has 0 aliphatic rings. The van der Waals surface area contributed by atoms with Gasteiger partial charge in [-0.25, -0.2) is 0 Å². The van der Waals surface area contributed by atoms with Gasteiger partial charge in [0.2, 0.25) is 5.71 Å². The Morgan fingerprint density at radius 2 is 0.657 bits per heavy atom. The molecule has 15 rings (SSSR count). The molecule has 0 aliphatic carbocycles. The van der Waals surface area contributed by atoms with Crippen LogP contribution in [-0.2, 0) is 0 Å². The first-order chi connectivity index (χ1) is 33.3. The van der Waals surface area contributed by atoms with Gasteiger partial charge in [-0.15, -0.1) is 0 Å². The lowest BCUT2D eigenvalue weighted by atomic mass is 10.0. The van der Waals surface area contributed by atoms with Crippen LogP contribution in [0.2, 0.25) is 0 Å². The van der Waals surface area contributed by atoms with Gasteiger partial charge >= 0.3 is 0 Å². The van der Waals surface area contributed by atoms with Crippen molar-refractivity contribution in [3.05, 3.63) is 231 Å². The van der Waals surface area contributed by atoms with Crippen molar-refractivity contribution in [2.24, 2.45) is 0 Å². The van der Waals surface area contributed by atoms with Crippen molar-refractivity contribution < 1.29 is 4.42 Å². The number of hydrogen-bond acceptors (Lipinski definition) is 1. The maximum Gasteiger partial charge on any atom is 0.213 e. The fourth-order valence-corrected chi connectivity index (χ4v) is 11.3. The third kappa shape index (κ3) is 5.08. The van der Waals surface area contributed by atoms with E-state index in [0.29, 0.717) is 0 Å². The molecule has 0 aliphatic heterocycles. The molecule has 67 heavy (non-hydrogen) atoms. The highest BCUT2D eigenvalue weighted by Gasteiger charge is 2.23. The Morgan fingerprint density at radius 3 is 1.19 bits per heavy atom. The maximum absolute atomic E-state index is 7.05. The molecule has 0 atom stereocenters. The van der Waals surface area contributed by atoms with E-state index in [1.54, 1.807) is 0 Å². The highest BCUT2D eigenvalue weighted by molar-refractivity contribution is 6.22. The average Bonchev–Trinajstić information content (AvgIpc) is 4.19. The Morgan fingerprint density at radius 1 is 0.254 bits per heavy atom. The van der Waals surface area contributed by atoms with Gasteiger partial charge in [-0.2, -0.15) is 0 Å². The largest absolute Gasteiger partial charge is 0.438 e. The molecule has 5 heteroatoms. The summed E-state index contributed by atoms with van der Waals surface area (Å²) in [4.78, 5) is 0. The van der Waals surface area contributed by atoms with E-state index in [0.717, 1.165) is 72.5 Å². The van der Waals surface area contributed by atoms with Gasteiger partial charge in [0, 0.05) is 71.4 Å². The van der Waals surface area contributed by atoms with Crippen LogP contribution in [-0.4, -0.2) is 18.3 Å². The van der Waals surface area contributed by atoms with Gasteiger partial charge in [-0.05, 0) is 96.6 Å². The van der Waals surface area contributed by atoms with E-state index in [1.165, 1.54) is 59.8 Å². The first-order valence-electron chi connectivity index (χ1n) is 22.9. The Balaban J connectivity index is 0.972. The number of rotatable bonds is 5. The Hall–Kier alpha value is -9.06. The molecule has 0 amide bonds. The summed E-state index contributed by atoms with van der Waals surface area (Å²) >= 11 is 0. The lowest BCUT2D eigenvalue weighted by Gasteiger charge is -2.12. The van der Waals surface area contributed by atoms with E-state index < -0.39 is 0 Å². The van der Waals surface area contributed by atoms with Crippen LogP contribution in [0.3, 0.4) is 0 Å². The van der Waals surface area contributed by atoms with Crippen molar-refractivity contribution in [3.63, 3.8) is 0 Å². The molecule has 15 aromatic rings. The lowest BCUT2D eigenvalue weighted by Crippen LogP contribution is -1.96. The average molecular weight is 855 g/mol. The van der Waals surface area contributed by atoms with Crippen molar-refractivity contribution in [2.75, 3.05) is 0 Å². The van der Waals surface area contributed by atoms with Gasteiger partial charge in [0.25, 0.3) is 0 Å². The molecule has 0 unspecified atom stereocenters. The van der Waals surface area contributed by atoms with Crippen LogP contribution in [0, 0.1) is 0 Å². The molecule has 0 saturated carbocycles. The van der Waals surface area contributed by atoms with Crippen LogP contribution in [0.25, 0.3) is 132 Å². The second kappa shape index (κ2) is 13.7. The van der Waals surface area contributed by atoms with Gasteiger partial charge in [-0.3, -0.25) is 4.57 Å². The minimum Gasteiger partial charge on any atom is -0.438 e.